The number of imidazole rings is 1. The lowest BCUT2D eigenvalue weighted by Gasteiger charge is -2.12. The molecule has 0 bridgehead atoms. The zero-order valence-electron chi connectivity index (χ0n) is 22.5. The number of hydrogen-bond donors (Lipinski definition) is 1. The lowest BCUT2D eigenvalue weighted by molar-refractivity contribution is 0.101. The van der Waals surface area contributed by atoms with E-state index in [9.17, 15) is 9.59 Å². The van der Waals surface area contributed by atoms with Gasteiger partial charge in [-0.3, -0.25) is 18.9 Å². The summed E-state index contributed by atoms with van der Waals surface area (Å²) in [5, 5.41) is 18.5. The van der Waals surface area contributed by atoms with E-state index >= 15 is 0 Å². The molecule has 0 unspecified atom stereocenters. The molecule has 0 atom stereocenters. The molecule has 5 aromatic rings. The van der Waals surface area contributed by atoms with Crippen molar-refractivity contribution in [3.05, 3.63) is 82.4 Å². The first-order chi connectivity index (χ1) is 18.9. The smallest absolute Gasteiger partial charge is 0.294 e. The van der Waals surface area contributed by atoms with Crippen molar-refractivity contribution in [3.8, 4) is 28.3 Å². The van der Waals surface area contributed by atoms with Crippen molar-refractivity contribution < 1.29 is 4.79 Å². The summed E-state index contributed by atoms with van der Waals surface area (Å²) < 4.78 is 5.04. The molecule has 0 saturated heterocycles. The molecule has 0 spiro atoms. The Hall–Kier alpha value is -4.67. The molecule has 0 aliphatic rings. The van der Waals surface area contributed by atoms with Crippen molar-refractivity contribution in [2.24, 2.45) is 0 Å². The molecule has 11 heteroatoms. The van der Waals surface area contributed by atoms with Gasteiger partial charge in [-0.05, 0) is 73.4 Å². The molecule has 0 aliphatic carbocycles. The highest BCUT2D eigenvalue weighted by molar-refractivity contribution is 5.97. The van der Waals surface area contributed by atoms with Crippen molar-refractivity contribution >= 4 is 5.78 Å². The number of rotatable bonds is 10. The molecule has 11 nitrogen and oxygen atoms in total. The summed E-state index contributed by atoms with van der Waals surface area (Å²) in [5.41, 5.74) is 4.66. The summed E-state index contributed by atoms with van der Waals surface area (Å²) in [5.74, 6) is 0.953. The number of tetrazole rings is 1. The van der Waals surface area contributed by atoms with Crippen LogP contribution in [-0.4, -0.2) is 50.3 Å². The third-order valence-electron chi connectivity index (χ3n) is 6.67. The Morgan fingerprint density at radius 1 is 1.10 bits per heavy atom. The lowest BCUT2D eigenvalue weighted by atomic mass is 10.0. The molecular formula is C28H31N9O2. The van der Waals surface area contributed by atoms with E-state index in [0.29, 0.717) is 23.8 Å². The molecule has 0 radical (unpaired) electrons. The fourth-order valence-electron chi connectivity index (χ4n) is 4.66. The molecule has 0 amide bonds. The number of nitrogens with one attached hydrogen (secondary N) is 1. The van der Waals surface area contributed by atoms with E-state index in [-0.39, 0.29) is 17.5 Å². The first kappa shape index (κ1) is 26.0. The Morgan fingerprint density at radius 3 is 2.62 bits per heavy atom. The monoisotopic (exact) mass is 525 g/mol. The van der Waals surface area contributed by atoms with E-state index in [0.717, 1.165) is 47.3 Å². The second-order valence-corrected chi connectivity index (χ2v) is 9.81. The van der Waals surface area contributed by atoms with Crippen LogP contribution in [0.15, 0.2) is 59.8 Å². The Morgan fingerprint density at radius 2 is 1.90 bits per heavy atom. The van der Waals surface area contributed by atoms with Gasteiger partial charge in [0.25, 0.3) is 0 Å². The van der Waals surface area contributed by atoms with Crippen LogP contribution in [0.5, 0.6) is 0 Å². The number of aromatic nitrogens is 9. The van der Waals surface area contributed by atoms with Gasteiger partial charge in [0.05, 0.1) is 24.0 Å². The normalized spacial score (nSPS) is 11.4. The number of nitrogens with zero attached hydrogens (tertiary/aromatic N) is 8. The minimum absolute atomic E-state index is 0.0238. The number of Topliss-reactive ketones (excluding diaryl/α,β-unsaturated/α-hetero) is 1. The number of carbonyl (C=O) groups is 1. The first-order valence-corrected chi connectivity index (χ1v) is 13.1. The standard InChI is InChI=1S/C28H31N9O2/c1-5-6-10-24-17-36(27-25(19(4)38)15-30-37(27)18(2)3)28(39)35(24)16-23-14-21(11-12-29-23)20-8-7-9-22(13-20)26-31-33-34-32-26/h7-9,11-15,17-18H,5-6,10,16H2,1-4H3,(H,31,32,33,34). The average Bonchev–Trinajstić information content (AvgIpc) is 3.68. The number of unbranched alkanes of at least 4 members (excludes halogenated alkanes) is 1. The van der Waals surface area contributed by atoms with Crippen LogP contribution in [0.3, 0.4) is 0 Å². The van der Waals surface area contributed by atoms with Gasteiger partial charge in [-0.25, -0.2) is 14.6 Å². The van der Waals surface area contributed by atoms with Gasteiger partial charge in [0.2, 0.25) is 0 Å². The van der Waals surface area contributed by atoms with Gasteiger partial charge >= 0.3 is 5.69 Å². The number of aryl methyl sites for hydroxylation is 1. The van der Waals surface area contributed by atoms with Gasteiger partial charge in [-0.1, -0.05) is 31.5 Å². The van der Waals surface area contributed by atoms with Crippen LogP contribution in [0.4, 0.5) is 0 Å². The number of pyridine rings is 1. The predicted molar refractivity (Wildman–Crippen MR) is 147 cm³/mol. The molecule has 4 aromatic heterocycles. The van der Waals surface area contributed by atoms with Crippen LogP contribution in [-0.2, 0) is 13.0 Å². The summed E-state index contributed by atoms with van der Waals surface area (Å²) in [6, 6.07) is 11.8. The number of hydrogen-bond acceptors (Lipinski definition) is 7. The minimum Gasteiger partial charge on any atom is -0.294 e. The summed E-state index contributed by atoms with van der Waals surface area (Å²) in [6.45, 7) is 7.87. The summed E-state index contributed by atoms with van der Waals surface area (Å²) in [6.07, 6.45) is 7.80. The minimum atomic E-state index is -0.224. The molecule has 0 aliphatic heterocycles. The van der Waals surface area contributed by atoms with Gasteiger partial charge in [0, 0.05) is 29.7 Å². The number of H-pyrrole nitrogens is 1. The lowest BCUT2D eigenvalue weighted by Crippen LogP contribution is -2.27. The van der Waals surface area contributed by atoms with Crippen LogP contribution in [0.1, 0.15) is 68.3 Å². The molecule has 0 fully saturated rings. The average molecular weight is 526 g/mol. The third kappa shape index (κ3) is 5.20. The maximum Gasteiger partial charge on any atom is 0.334 e. The SMILES string of the molecule is CCCCc1cn(-c2c(C(C)=O)cnn2C(C)C)c(=O)n1Cc1cc(-c2cccc(-c3nnn[nH]3)c2)ccn1. The van der Waals surface area contributed by atoms with E-state index < -0.39 is 0 Å². The fourth-order valence-corrected chi connectivity index (χ4v) is 4.66. The van der Waals surface area contributed by atoms with Crippen LogP contribution in [0.25, 0.3) is 28.3 Å². The van der Waals surface area contributed by atoms with Crippen LogP contribution < -0.4 is 5.69 Å². The second kappa shape index (κ2) is 11.0. The largest absolute Gasteiger partial charge is 0.334 e. The van der Waals surface area contributed by atoms with Crippen molar-refractivity contribution in [1.82, 2.24) is 44.5 Å². The Balaban J connectivity index is 1.55. The molecule has 39 heavy (non-hydrogen) atoms. The highest BCUT2D eigenvalue weighted by Crippen LogP contribution is 2.25. The Kier molecular flexibility index (Phi) is 7.31. The summed E-state index contributed by atoms with van der Waals surface area (Å²) in [7, 11) is 0. The fraction of sp³-hybridized carbons (Fsp3) is 0.321. The van der Waals surface area contributed by atoms with Gasteiger partial charge < -0.3 is 0 Å². The number of aromatic amines is 1. The van der Waals surface area contributed by atoms with Gasteiger partial charge in [-0.15, -0.1) is 5.10 Å². The molecule has 4 heterocycles. The van der Waals surface area contributed by atoms with Crippen molar-refractivity contribution in [3.63, 3.8) is 0 Å². The molecule has 1 N–H and O–H groups in total. The van der Waals surface area contributed by atoms with E-state index in [2.05, 4.69) is 37.6 Å². The molecular weight excluding hydrogens is 494 g/mol. The molecule has 200 valence electrons. The van der Waals surface area contributed by atoms with Crippen molar-refractivity contribution in [1.29, 1.82) is 0 Å². The van der Waals surface area contributed by atoms with Crippen LogP contribution >= 0.6 is 0 Å². The van der Waals surface area contributed by atoms with E-state index in [4.69, 9.17) is 0 Å². The van der Waals surface area contributed by atoms with Crippen LogP contribution in [0, 0.1) is 0 Å². The Labute approximate surface area is 225 Å². The van der Waals surface area contributed by atoms with Crippen molar-refractivity contribution in [2.45, 2.75) is 59.5 Å². The third-order valence-corrected chi connectivity index (χ3v) is 6.67. The number of carbonyl (C=O) groups excluding carboxylic acids is 1. The summed E-state index contributed by atoms with van der Waals surface area (Å²) in [4.78, 5) is 30.9. The Bertz CT molecular complexity index is 1660. The van der Waals surface area contributed by atoms with Crippen LogP contribution in [0.2, 0.25) is 0 Å². The van der Waals surface area contributed by atoms with Gasteiger partial charge in [0.1, 0.15) is 5.82 Å². The quantitative estimate of drug-likeness (QED) is 0.270. The first-order valence-electron chi connectivity index (χ1n) is 13.1. The molecule has 5 rings (SSSR count). The van der Waals surface area contributed by atoms with Gasteiger partial charge in [0.15, 0.2) is 11.6 Å². The van der Waals surface area contributed by atoms with Gasteiger partial charge in [-0.2, -0.15) is 5.10 Å². The summed E-state index contributed by atoms with van der Waals surface area (Å²) >= 11 is 0. The van der Waals surface area contributed by atoms with Crippen molar-refractivity contribution in [2.75, 3.05) is 0 Å². The zero-order chi connectivity index (χ0) is 27.5. The number of ketones is 1. The van der Waals surface area contributed by atoms with E-state index in [1.165, 1.54) is 6.92 Å². The predicted octanol–water partition coefficient (Wildman–Crippen LogP) is 4.25. The molecule has 1 aromatic carbocycles. The topological polar surface area (TPSA) is 129 Å². The van der Waals surface area contributed by atoms with E-state index in [1.54, 1.807) is 26.2 Å². The highest BCUT2D eigenvalue weighted by Gasteiger charge is 2.23. The maximum atomic E-state index is 13.9. The zero-order valence-corrected chi connectivity index (χ0v) is 22.5. The number of benzene rings is 1. The highest BCUT2D eigenvalue weighted by atomic mass is 16.2. The van der Waals surface area contributed by atoms with E-state index in [1.807, 2.05) is 56.4 Å². The second-order valence-electron chi connectivity index (χ2n) is 9.81. The maximum absolute atomic E-state index is 13.9. The molecule has 0 saturated carbocycles.